The average molecular weight is 235 g/mol. The Balaban J connectivity index is 1.77. The Hall–Kier alpha value is 0.170. The van der Waals surface area contributed by atoms with Gasteiger partial charge in [-0.15, -0.1) is 11.6 Å². The normalized spacial score (nSPS) is 42.8. The van der Waals surface area contributed by atoms with E-state index >= 15 is 0 Å². The van der Waals surface area contributed by atoms with Crippen molar-refractivity contribution >= 4 is 11.6 Å². The first-order valence-electron chi connectivity index (χ1n) is 5.85. The summed E-state index contributed by atoms with van der Waals surface area (Å²) < 4.78 is 11.3. The zero-order valence-electron chi connectivity index (χ0n) is 8.90. The molecule has 1 N–H and O–H groups in total. The molecule has 0 aromatic heterocycles. The number of ether oxygens (including phenoxy) is 2. The van der Waals surface area contributed by atoms with Gasteiger partial charge in [-0.3, -0.25) is 0 Å². The molecule has 4 atom stereocenters. The van der Waals surface area contributed by atoms with Crippen molar-refractivity contribution in [2.24, 2.45) is 0 Å². The van der Waals surface area contributed by atoms with Crippen LogP contribution in [0.2, 0.25) is 0 Å². The van der Waals surface area contributed by atoms with Gasteiger partial charge in [-0.2, -0.15) is 0 Å². The molecule has 1 aliphatic heterocycles. The van der Waals surface area contributed by atoms with E-state index in [4.69, 9.17) is 21.1 Å². The van der Waals surface area contributed by atoms with Crippen molar-refractivity contribution in [3.8, 4) is 0 Å². The van der Waals surface area contributed by atoms with Gasteiger partial charge in [0.2, 0.25) is 0 Å². The molecule has 0 radical (unpaired) electrons. The first-order chi connectivity index (χ1) is 7.25. The van der Waals surface area contributed by atoms with Gasteiger partial charge in [0.05, 0.1) is 17.6 Å². The van der Waals surface area contributed by atoms with Crippen LogP contribution in [-0.4, -0.2) is 35.6 Å². The minimum Gasteiger partial charge on any atom is -0.393 e. The van der Waals surface area contributed by atoms with Crippen molar-refractivity contribution in [1.29, 1.82) is 0 Å². The molecule has 2 rings (SSSR count). The Labute approximate surface area is 95.7 Å². The first-order valence-corrected chi connectivity index (χ1v) is 6.28. The molecule has 4 heteroatoms. The predicted octanol–water partition coefficient (Wildman–Crippen LogP) is 2.05. The fourth-order valence-corrected chi connectivity index (χ4v) is 2.62. The highest BCUT2D eigenvalue weighted by molar-refractivity contribution is 6.21. The lowest BCUT2D eigenvalue weighted by Crippen LogP contribution is -2.38. The summed E-state index contributed by atoms with van der Waals surface area (Å²) in [6.07, 6.45) is 5.29. The molecule has 0 aromatic carbocycles. The summed E-state index contributed by atoms with van der Waals surface area (Å²) in [7, 11) is 0. The lowest BCUT2D eigenvalue weighted by molar-refractivity contribution is -0.195. The number of halogens is 1. The Morgan fingerprint density at radius 2 is 2.07 bits per heavy atom. The molecule has 0 aromatic rings. The third kappa shape index (κ3) is 3.31. The number of aliphatic hydroxyl groups excluding tert-OH is 1. The number of alkyl halides is 1. The highest BCUT2D eigenvalue weighted by Crippen LogP contribution is 2.28. The van der Waals surface area contributed by atoms with Crippen LogP contribution >= 0.6 is 11.6 Å². The van der Waals surface area contributed by atoms with E-state index < -0.39 is 0 Å². The molecule has 2 aliphatic rings. The fraction of sp³-hybridized carbons (Fsp3) is 1.00. The van der Waals surface area contributed by atoms with Gasteiger partial charge in [-0.25, -0.2) is 0 Å². The van der Waals surface area contributed by atoms with Crippen molar-refractivity contribution in [1.82, 2.24) is 0 Å². The Kier molecular flexibility index (Phi) is 4.26. The number of aliphatic hydroxyl groups is 1. The third-order valence-electron chi connectivity index (χ3n) is 3.15. The second-order valence-electron chi connectivity index (χ2n) is 4.45. The van der Waals surface area contributed by atoms with Crippen molar-refractivity contribution < 1.29 is 14.6 Å². The van der Waals surface area contributed by atoms with Gasteiger partial charge in [0.15, 0.2) is 6.29 Å². The molecular weight excluding hydrogens is 216 g/mol. The van der Waals surface area contributed by atoms with E-state index in [-0.39, 0.29) is 23.9 Å². The summed E-state index contributed by atoms with van der Waals surface area (Å²) >= 11 is 6.16. The Morgan fingerprint density at radius 3 is 2.73 bits per heavy atom. The van der Waals surface area contributed by atoms with E-state index in [2.05, 4.69) is 0 Å². The zero-order valence-corrected chi connectivity index (χ0v) is 9.66. The van der Waals surface area contributed by atoms with Crippen LogP contribution in [0, 0.1) is 0 Å². The zero-order chi connectivity index (χ0) is 10.7. The van der Waals surface area contributed by atoms with Crippen LogP contribution in [0.4, 0.5) is 0 Å². The van der Waals surface area contributed by atoms with Crippen molar-refractivity contribution in [3.05, 3.63) is 0 Å². The summed E-state index contributed by atoms with van der Waals surface area (Å²) in [5, 5.41) is 9.36. The van der Waals surface area contributed by atoms with E-state index in [1.807, 2.05) is 0 Å². The molecule has 1 aliphatic carbocycles. The second-order valence-corrected chi connectivity index (χ2v) is 5.01. The van der Waals surface area contributed by atoms with E-state index in [1.54, 1.807) is 0 Å². The topological polar surface area (TPSA) is 38.7 Å². The maximum atomic E-state index is 9.43. The summed E-state index contributed by atoms with van der Waals surface area (Å²) in [4.78, 5) is 0. The van der Waals surface area contributed by atoms with Gasteiger partial charge >= 0.3 is 0 Å². The summed E-state index contributed by atoms with van der Waals surface area (Å²) in [6, 6.07) is 0. The molecule has 0 spiro atoms. The lowest BCUT2D eigenvalue weighted by atomic mass is 9.94. The minimum atomic E-state index is -0.250. The van der Waals surface area contributed by atoms with Gasteiger partial charge in [-0.1, -0.05) is 0 Å². The standard InChI is InChI=1S/C11H19ClO3/c12-9-7-8(13)4-5-10(9)15-11-3-1-2-6-14-11/h8-11,13H,1-7H2. The van der Waals surface area contributed by atoms with Crippen LogP contribution in [0.25, 0.3) is 0 Å². The third-order valence-corrected chi connectivity index (χ3v) is 3.61. The van der Waals surface area contributed by atoms with Crippen LogP contribution in [-0.2, 0) is 9.47 Å². The largest absolute Gasteiger partial charge is 0.393 e. The summed E-state index contributed by atoms with van der Waals surface area (Å²) in [6.45, 7) is 0.799. The molecule has 2 fully saturated rings. The lowest BCUT2D eigenvalue weighted by Gasteiger charge is -2.34. The monoisotopic (exact) mass is 234 g/mol. The highest BCUT2D eigenvalue weighted by Gasteiger charge is 2.31. The Bertz CT molecular complexity index is 194. The fourth-order valence-electron chi connectivity index (χ4n) is 2.23. The van der Waals surface area contributed by atoms with E-state index in [1.165, 1.54) is 6.42 Å². The van der Waals surface area contributed by atoms with E-state index in [0.717, 1.165) is 32.3 Å². The van der Waals surface area contributed by atoms with Gasteiger partial charge < -0.3 is 14.6 Å². The smallest absolute Gasteiger partial charge is 0.158 e. The minimum absolute atomic E-state index is 0.0539. The molecule has 0 amide bonds. The van der Waals surface area contributed by atoms with Crippen molar-refractivity contribution in [2.75, 3.05) is 6.61 Å². The van der Waals surface area contributed by atoms with Gasteiger partial charge in [0, 0.05) is 6.61 Å². The molecule has 3 nitrogen and oxygen atoms in total. The van der Waals surface area contributed by atoms with Crippen molar-refractivity contribution in [2.45, 2.75) is 62.4 Å². The SMILES string of the molecule is OC1CCC(OC2CCCCO2)C(Cl)C1. The summed E-state index contributed by atoms with van der Waals surface area (Å²) in [5.41, 5.74) is 0. The Morgan fingerprint density at radius 1 is 1.20 bits per heavy atom. The van der Waals surface area contributed by atoms with E-state index in [9.17, 15) is 5.11 Å². The molecular formula is C11H19ClO3. The number of rotatable bonds is 2. The highest BCUT2D eigenvalue weighted by atomic mass is 35.5. The number of hydrogen-bond donors (Lipinski definition) is 1. The number of hydrogen-bond acceptors (Lipinski definition) is 3. The van der Waals surface area contributed by atoms with Gasteiger partial charge in [0.25, 0.3) is 0 Å². The predicted molar refractivity (Wildman–Crippen MR) is 58.0 cm³/mol. The molecule has 88 valence electrons. The maximum Gasteiger partial charge on any atom is 0.158 e. The molecule has 1 saturated heterocycles. The van der Waals surface area contributed by atoms with Gasteiger partial charge in [-0.05, 0) is 38.5 Å². The van der Waals surface area contributed by atoms with Crippen LogP contribution in [0.15, 0.2) is 0 Å². The van der Waals surface area contributed by atoms with Gasteiger partial charge in [0.1, 0.15) is 0 Å². The van der Waals surface area contributed by atoms with Crippen molar-refractivity contribution in [3.63, 3.8) is 0 Å². The molecule has 15 heavy (non-hydrogen) atoms. The average Bonchev–Trinajstić information content (AvgIpc) is 2.24. The quantitative estimate of drug-likeness (QED) is 0.744. The second kappa shape index (κ2) is 5.48. The maximum absolute atomic E-state index is 9.43. The summed E-state index contributed by atoms with van der Waals surface area (Å²) in [5.74, 6) is 0. The molecule has 1 saturated carbocycles. The van der Waals surface area contributed by atoms with Crippen LogP contribution < -0.4 is 0 Å². The van der Waals surface area contributed by atoms with E-state index in [0.29, 0.717) is 6.42 Å². The van der Waals surface area contributed by atoms with Crippen LogP contribution in [0.5, 0.6) is 0 Å². The van der Waals surface area contributed by atoms with Crippen LogP contribution in [0.3, 0.4) is 0 Å². The first kappa shape index (κ1) is 11.6. The molecule has 1 heterocycles. The molecule has 4 unspecified atom stereocenters. The molecule has 0 bridgehead atoms. The van der Waals surface area contributed by atoms with Crippen LogP contribution in [0.1, 0.15) is 38.5 Å².